The molecular weight excluding hydrogens is 388 g/mol. The highest BCUT2D eigenvalue weighted by Crippen LogP contribution is 2.28. The van der Waals surface area contributed by atoms with Crippen molar-refractivity contribution in [1.29, 1.82) is 0 Å². The van der Waals surface area contributed by atoms with E-state index in [2.05, 4.69) is 5.32 Å². The van der Waals surface area contributed by atoms with Crippen molar-refractivity contribution in [3.8, 4) is 0 Å². The molecule has 0 atom stereocenters. The van der Waals surface area contributed by atoms with Crippen LogP contribution in [0.4, 0.5) is 5.69 Å². The fourth-order valence-electron chi connectivity index (χ4n) is 3.49. The maximum absolute atomic E-state index is 12.4. The standard InChI is InChI=1S/C23H19ClN2O3/c1-26(14-21(27)25-19-9-5-4-8-18(19)24)13-16-12-22(28)29-20-11-10-15-6-2-3-7-17(15)23(16)20/h2-12H,13-14H2,1H3,(H,25,27). The maximum atomic E-state index is 12.4. The predicted octanol–water partition coefficient (Wildman–Crippen LogP) is 4.67. The van der Waals surface area contributed by atoms with E-state index < -0.39 is 5.63 Å². The highest BCUT2D eigenvalue weighted by molar-refractivity contribution is 6.33. The summed E-state index contributed by atoms with van der Waals surface area (Å²) in [5, 5.41) is 6.27. The zero-order chi connectivity index (χ0) is 20.4. The summed E-state index contributed by atoms with van der Waals surface area (Å²) in [5.41, 5.74) is 1.53. The summed E-state index contributed by atoms with van der Waals surface area (Å²) in [4.78, 5) is 26.3. The van der Waals surface area contributed by atoms with Gasteiger partial charge in [0.15, 0.2) is 0 Å². The van der Waals surface area contributed by atoms with E-state index in [9.17, 15) is 9.59 Å². The molecule has 6 heteroatoms. The van der Waals surface area contributed by atoms with Gasteiger partial charge in [-0.15, -0.1) is 0 Å². The van der Waals surface area contributed by atoms with E-state index in [-0.39, 0.29) is 12.5 Å². The van der Waals surface area contributed by atoms with Crippen molar-refractivity contribution in [2.75, 3.05) is 18.9 Å². The highest BCUT2D eigenvalue weighted by Gasteiger charge is 2.14. The third-order valence-electron chi connectivity index (χ3n) is 4.72. The van der Waals surface area contributed by atoms with Gasteiger partial charge in [-0.3, -0.25) is 9.69 Å². The van der Waals surface area contributed by atoms with Gasteiger partial charge in [-0.2, -0.15) is 0 Å². The average Bonchev–Trinajstić information content (AvgIpc) is 2.69. The van der Waals surface area contributed by atoms with Crippen LogP contribution in [0.2, 0.25) is 5.02 Å². The molecule has 146 valence electrons. The van der Waals surface area contributed by atoms with E-state index in [1.54, 1.807) is 18.2 Å². The molecule has 1 N–H and O–H groups in total. The van der Waals surface area contributed by atoms with E-state index in [4.69, 9.17) is 16.0 Å². The minimum Gasteiger partial charge on any atom is -0.423 e. The van der Waals surface area contributed by atoms with Crippen LogP contribution < -0.4 is 10.9 Å². The first kappa shape index (κ1) is 19.2. The lowest BCUT2D eigenvalue weighted by molar-refractivity contribution is -0.117. The number of hydrogen-bond donors (Lipinski definition) is 1. The summed E-state index contributed by atoms with van der Waals surface area (Å²) in [6.45, 7) is 0.573. The molecule has 0 aliphatic carbocycles. The SMILES string of the molecule is CN(CC(=O)Nc1ccccc1Cl)Cc1cc(=O)oc2ccc3ccccc3c12. The average molecular weight is 407 g/mol. The van der Waals surface area contributed by atoms with Crippen LogP contribution in [0.3, 0.4) is 0 Å². The van der Waals surface area contributed by atoms with Gasteiger partial charge < -0.3 is 9.73 Å². The van der Waals surface area contributed by atoms with Crippen LogP contribution in [0.1, 0.15) is 5.56 Å². The minimum atomic E-state index is -0.406. The topological polar surface area (TPSA) is 62.6 Å². The molecule has 1 amide bonds. The van der Waals surface area contributed by atoms with Gasteiger partial charge in [0.1, 0.15) is 5.58 Å². The number of anilines is 1. The smallest absolute Gasteiger partial charge is 0.336 e. The Morgan fingerprint density at radius 2 is 1.83 bits per heavy atom. The van der Waals surface area contributed by atoms with Gasteiger partial charge in [-0.05, 0) is 41.6 Å². The number of carbonyl (C=O) groups excluding carboxylic acids is 1. The molecule has 0 aliphatic rings. The fraction of sp³-hybridized carbons (Fsp3) is 0.130. The van der Waals surface area contributed by atoms with E-state index in [0.29, 0.717) is 22.8 Å². The van der Waals surface area contributed by atoms with E-state index in [0.717, 1.165) is 21.7 Å². The third kappa shape index (κ3) is 4.16. The number of nitrogens with zero attached hydrogens (tertiary/aromatic N) is 1. The molecule has 0 radical (unpaired) electrons. The van der Waals surface area contributed by atoms with E-state index in [1.807, 2.05) is 54.4 Å². The van der Waals surface area contributed by atoms with E-state index in [1.165, 1.54) is 6.07 Å². The summed E-state index contributed by atoms with van der Waals surface area (Å²) in [7, 11) is 1.83. The van der Waals surface area contributed by atoms with Crippen molar-refractivity contribution < 1.29 is 9.21 Å². The number of carbonyl (C=O) groups is 1. The van der Waals surface area contributed by atoms with Crippen molar-refractivity contribution in [3.63, 3.8) is 0 Å². The lowest BCUT2D eigenvalue weighted by atomic mass is 10.0. The molecule has 0 unspecified atom stereocenters. The monoisotopic (exact) mass is 406 g/mol. The first-order chi connectivity index (χ1) is 14.0. The number of likely N-dealkylation sites (N-methyl/N-ethyl adjacent to an activating group) is 1. The normalized spacial score (nSPS) is 11.3. The van der Waals surface area contributed by atoms with Gasteiger partial charge >= 0.3 is 5.63 Å². The van der Waals surface area contributed by atoms with Crippen molar-refractivity contribution in [3.05, 3.63) is 87.7 Å². The summed E-state index contributed by atoms with van der Waals surface area (Å²) in [5.74, 6) is -0.183. The molecule has 4 rings (SSSR count). The molecule has 0 aliphatic heterocycles. The summed E-state index contributed by atoms with van der Waals surface area (Å²) in [6.07, 6.45) is 0. The van der Waals surface area contributed by atoms with Crippen molar-refractivity contribution in [1.82, 2.24) is 4.90 Å². The second kappa shape index (κ2) is 8.07. The molecule has 1 aromatic heterocycles. The largest absolute Gasteiger partial charge is 0.423 e. The molecule has 29 heavy (non-hydrogen) atoms. The molecule has 4 aromatic rings. The Bertz CT molecular complexity index is 1270. The van der Waals surface area contributed by atoms with Gasteiger partial charge in [-0.1, -0.05) is 54.1 Å². The first-order valence-electron chi connectivity index (χ1n) is 9.18. The number of halogens is 1. The number of fused-ring (bicyclic) bond motifs is 3. The quantitative estimate of drug-likeness (QED) is 0.386. The van der Waals surface area contributed by atoms with Crippen LogP contribution in [0, 0.1) is 0 Å². The minimum absolute atomic E-state index is 0.151. The summed E-state index contributed by atoms with van der Waals surface area (Å²) >= 11 is 6.10. The van der Waals surface area contributed by atoms with Crippen molar-refractivity contribution >= 4 is 44.9 Å². The maximum Gasteiger partial charge on any atom is 0.336 e. The number of hydrogen-bond acceptors (Lipinski definition) is 4. The number of rotatable bonds is 5. The van der Waals surface area contributed by atoms with Crippen LogP contribution in [0.25, 0.3) is 21.7 Å². The molecular formula is C23H19ClN2O3. The molecule has 1 heterocycles. The zero-order valence-corrected chi connectivity index (χ0v) is 16.6. The van der Waals surface area contributed by atoms with Crippen LogP contribution in [-0.4, -0.2) is 24.4 Å². The van der Waals surface area contributed by atoms with Crippen molar-refractivity contribution in [2.24, 2.45) is 0 Å². The number of para-hydroxylation sites is 1. The first-order valence-corrected chi connectivity index (χ1v) is 9.56. The Labute approximate surface area is 172 Å². The zero-order valence-electron chi connectivity index (χ0n) is 15.8. The molecule has 0 fully saturated rings. The predicted molar refractivity (Wildman–Crippen MR) is 116 cm³/mol. The Kier molecular flexibility index (Phi) is 5.34. The summed E-state index contributed by atoms with van der Waals surface area (Å²) < 4.78 is 5.40. The van der Waals surface area contributed by atoms with Crippen LogP contribution in [0.5, 0.6) is 0 Å². The van der Waals surface area contributed by atoms with Crippen LogP contribution >= 0.6 is 11.6 Å². The van der Waals surface area contributed by atoms with E-state index >= 15 is 0 Å². The molecule has 0 bridgehead atoms. The number of nitrogens with one attached hydrogen (secondary N) is 1. The van der Waals surface area contributed by atoms with Gasteiger partial charge in [0.05, 0.1) is 17.3 Å². The number of amides is 1. The van der Waals surface area contributed by atoms with Gasteiger partial charge in [0, 0.05) is 18.0 Å². The molecule has 0 saturated carbocycles. The Morgan fingerprint density at radius 1 is 1.07 bits per heavy atom. The van der Waals surface area contributed by atoms with Crippen LogP contribution in [0.15, 0.2) is 75.9 Å². The Morgan fingerprint density at radius 3 is 2.66 bits per heavy atom. The second-order valence-corrected chi connectivity index (χ2v) is 7.36. The molecule has 0 spiro atoms. The highest BCUT2D eigenvalue weighted by atomic mass is 35.5. The molecule has 0 saturated heterocycles. The lowest BCUT2D eigenvalue weighted by Gasteiger charge is -2.18. The Hall–Kier alpha value is -3.15. The lowest BCUT2D eigenvalue weighted by Crippen LogP contribution is -2.30. The van der Waals surface area contributed by atoms with Gasteiger partial charge in [0.2, 0.25) is 5.91 Å². The van der Waals surface area contributed by atoms with Gasteiger partial charge in [0.25, 0.3) is 0 Å². The number of benzene rings is 3. The molecule has 5 nitrogen and oxygen atoms in total. The Balaban J connectivity index is 1.60. The molecule has 3 aromatic carbocycles. The van der Waals surface area contributed by atoms with Crippen LogP contribution in [-0.2, 0) is 11.3 Å². The van der Waals surface area contributed by atoms with Gasteiger partial charge in [-0.25, -0.2) is 4.79 Å². The summed E-state index contributed by atoms with van der Waals surface area (Å²) in [6, 6.07) is 20.3. The third-order valence-corrected chi connectivity index (χ3v) is 5.05. The second-order valence-electron chi connectivity index (χ2n) is 6.95. The fourth-order valence-corrected chi connectivity index (χ4v) is 3.67. The van der Waals surface area contributed by atoms with Crippen molar-refractivity contribution in [2.45, 2.75) is 6.54 Å².